The molecule has 4 aromatic carbocycles. The summed E-state index contributed by atoms with van der Waals surface area (Å²) < 4.78 is 11.7. The van der Waals surface area contributed by atoms with Gasteiger partial charge >= 0.3 is 0 Å². The maximum atomic E-state index is 10.9. The summed E-state index contributed by atoms with van der Waals surface area (Å²) in [7, 11) is 0. The minimum atomic E-state index is -0.441. The molecule has 5 nitrogen and oxygen atoms in total. The lowest BCUT2D eigenvalue weighted by Crippen LogP contribution is -2.00. The van der Waals surface area contributed by atoms with E-state index in [1.54, 1.807) is 12.1 Å². The van der Waals surface area contributed by atoms with Crippen molar-refractivity contribution in [3.05, 3.63) is 134 Å². The van der Waals surface area contributed by atoms with E-state index in [0.29, 0.717) is 41.4 Å². The summed E-state index contributed by atoms with van der Waals surface area (Å²) in [4.78, 5) is 10.5. The lowest BCUT2D eigenvalue weighted by molar-refractivity contribution is -0.384. The summed E-state index contributed by atoms with van der Waals surface area (Å²) >= 11 is 0. The van der Waals surface area contributed by atoms with Crippen molar-refractivity contribution in [3.63, 3.8) is 0 Å². The molecule has 0 aliphatic rings. The zero-order valence-corrected chi connectivity index (χ0v) is 22.7. The number of ether oxygens (including phenoxy) is 2. The van der Waals surface area contributed by atoms with Crippen LogP contribution in [-0.4, -0.2) is 18.1 Å². The Labute approximate surface area is 240 Å². The fraction of sp³-hybridized carbons (Fsp3) is 0.111. The third-order valence-corrected chi connectivity index (χ3v) is 5.73. The van der Waals surface area contributed by atoms with Crippen LogP contribution in [0.5, 0.6) is 11.5 Å². The molecule has 4 aromatic rings. The van der Waals surface area contributed by atoms with Gasteiger partial charge in [0.1, 0.15) is 11.5 Å². The maximum Gasteiger partial charge on any atom is 0.269 e. The van der Waals surface area contributed by atoms with E-state index in [2.05, 4.69) is 41.4 Å². The standard InChI is InChI=1S/C36H25NO4/c1-4-27-7-9-28(10-8-27)11-12-29-13-15-30(16-14-29)17-21-32-25-36(41-6-3)33(26-35(32)40-5-2)22-18-31-19-23-34(24-20-31)37(38)39/h1,7-10,13-16,19-20,23-26H,5-6H2,2-3H3. The Bertz CT molecular complexity index is 1780. The van der Waals surface area contributed by atoms with Crippen LogP contribution in [-0.2, 0) is 0 Å². The Morgan fingerprint density at radius 2 is 0.951 bits per heavy atom. The molecule has 0 aliphatic carbocycles. The predicted octanol–water partition coefficient (Wildman–Crippen LogP) is 6.57. The molecule has 0 unspecified atom stereocenters. The van der Waals surface area contributed by atoms with Gasteiger partial charge in [0.25, 0.3) is 5.69 Å². The SMILES string of the molecule is C#Cc1ccc(C#Cc2ccc(C#Cc3cc(OCC)c(C#Cc4ccc([N+](=O)[O-])cc4)cc3OCC)cc2)cc1. The molecule has 0 aromatic heterocycles. The van der Waals surface area contributed by atoms with E-state index >= 15 is 0 Å². The molecule has 198 valence electrons. The Balaban J connectivity index is 1.58. The highest BCUT2D eigenvalue weighted by Gasteiger charge is 2.10. The van der Waals surface area contributed by atoms with E-state index in [4.69, 9.17) is 15.9 Å². The smallest absolute Gasteiger partial charge is 0.269 e. The topological polar surface area (TPSA) is 61.6 Å². The quantitative estimate of drug-likeness (QED) is 0.165. The Morgan fingerprint density at radius 1 is 0.610 bits per heavy atom. The van der Waals surface area contributed by atoms with Crippen LogP contribution in [0.2, 0.25) is 0 Å². The molecule has 0 spiro atoms. The molecule has 0 N–H and O–H groups in total. The van der Waals surface area contributed by atoms with Gasteiger partial charge in [-0.25, -0.2) is 0 Å². The number of non-ortho nitro benzene ring substituents is 1. The molecule has 0 heterocycles. The van der Waals surface area contributed by atoms with Crippen molar-refractivity contribution in [2.45, 2.75) is 13.8 Å². The van der Waals surface area contributed by atoms with Gasteiger partial charge in [0.15, 0.2) is 0 Å². The average Bonchev–Trinajstić information content (AvgIpc) is 3.00. The zero-order chi connectivity index (χ0) is 29.0. The molecule has 0 fully saturated rings. The minimum absolute atomic E-state index is 0.0153. The van der Waals surface area contributed by atoms with Crippen LogP contribution in [0, 0.1) is 58.0 Å². The summed E-state index contributed by atoms with van der Waals surface area (Å²) in [6, 6.07) is 25.0. The number of benzene rings is 4. The average molecular weight is 536 g/mol. The van der Waals surface area contributed by atoms with Crippen LogP contribution < -0.4 is 9.47 Å². The molecule has 41 heavy (non-hydrogen) atoms. The Kier molecular flexibility index (Phi) is 9.46. The van der Waals surface area contributed by atoms with Crippen molar-refractivity contribution >= 4 is 5.69 Å². The number of hydrogen-bond donors (Lipinski definition) is 0. The first-order valence-electron chi connectivity index (χ1n) is 12.9. The van der Waals surface area contributed by atoms with Crippen molar-refractivity contribution in [1.29, 1.82) is 0 Å². The summed E-state index contributed by atoms with van der Waals surface area (Å²) in [5.41, 5.74) is 5.40. The van der Waals surface area contributed by atoms with Crippen LogP contribution in [0.25, 0.3) is 0 Å². The molecule has 4 rings (SSSR count). The highest BCUT2D eigenvalue weighted by Crippen LogP contribution is 2.29. The second-order valence-electron chi connectivity index (χ2n) is 8.56. The third kappa shape index (κ3) is 7.81. The van der Waals surface area contributed by atoms with Crippen molar-refractivity contribution < 1.29 is 14.4 Å². The molecular formula is C36H25NO4. The molecule has 0 atom stereocenters. The van der Waals surface area contributed by atoms with E-state index < -0.39 is 4.92 Å². The van der Waals surface area contributed by atoms with Gasteiger partial charge < -0.3 is 9.47 Å². The van der Waals surface area contributed by atoms with E-state index in [-0.39, 0.29) is 5.69 Å². The normalized spacial score (nSPS) is 9.49. The maximum absolute atomic E-state index is 10.9. The number of rotatable bonds is 5. The van der Waals surface area contributed by atoms with Gasteiger partial charge in [-0.1, -0.05) is 41.4 Å². The van der Waals surface area contributed by atoms with E-state index in [9.17, 15) is 10.1 Å². The number of nitrogens with zero attached hydrogens (tertiary/aromatic N) is 1. The third-order valence-electron chi connectivity index (χ3n) is 5.73. The number of nitro groups is 1. The van der Waals surface area contributed by atoms with E-state index in [1.807, 2.05) is 74.5 Å². The predicted molar refractivity (Wildman–Crippen MR) is 161 cm³/mol. The van der Waals surface area contributed by atoms with Gasteiger partial charge in [-0.05, 0) is 74.5 Å². The first kappa shape index (κ1) is 28.1. The summed E-state index contributed by atoms with van der Waals surface area (Å²) in [5.74, 6) is 22.6. The number of nitro benzene ring substituents is 1. The molecule has 0 radical (unpaired) electrons. The van der Waals surface area contributed by atoms with Gasteiger partial charge in [-0.2, -0.15) is 0 Å². The zero-order valence-electron chi connectivity index (χ0n) is 22.7. The van der Waals surface area contributed by atoms with Gasteiger partial charge in [-0.15, -0.1) is 6.42 Å². The minimum Gasteiger partial charge on any atom is -0.493 e. The van der Waals surface area contributed by atoms with Gasteiger partial charge in [0.05, 0.1) is 29.3 Å². The monoisotopic (exact) mass is 535 g/mol. The molecule has 5 heteroatoms. The second kappa shape index (κ2) is 13.8. The first-order valence-corrected chi connectivity index (χ1v) is 12.9. The highest BCUT2D eigenvalue weighted by atomic mass is 16.6. The molecule has 0 saturated heterocycles. The number of terminal acetylenes is 1. The van der Waals surface area contributed by atoms with Gasteiger partial charge in [-0.3, -0.25) is 10.1 Å². The summed E-state index contributed by atoms with van der Waals surface area (Å²) in [6.07, 6.45) is 5.40. The summed E-state index contributed by atoms with van der Waals surface area (Å²) in [5, 5.41) is 10.9. The van der Waals surface area contributed by atoms with E-state index in [1.165, 1.54) is 12.1 Å². The van der Waals surface area contributed by atoms with Crippen LogP contribution in [0.4, 0.5) is 5.69 Å². The van der Waals surface area contributed by atoms with Crippen LogP contribution in [0.15, 0.2) is 84.9 Å². The van der Waals surface area contributed by atoms with Crippen molar-refractivity contribution in [2.24, 2.45) is 0 Å². The van der Waals surface area contributed by atoms with Gasteiger partial charge in [0, 0.05) is 52.1 Å². The molecule has 0 amide bonds. The fourth-order valence-electron chi connectivity index (χ4n) is 3.68. The van der Waals surface area contributed by atoms with Crippen molar-refractivity contribution in [1.82, 2.24) is 0 Å². The Morgan fingerprint density at radius 3 is 1.29 bits per heavy atom. The summed E-state index contributed by atoms with van der Waals surface area (Å²) in [6.45, 7) is 4.70. The number of hydrogen-bond acceptors (Lipinski definition) is 4. The fourth-order valence-corrected chi connectivity index (χ4v) is 3.68. The lowest BCUT2D eigenvalue weighted by atomic mass is 10.1. The molecule has 0 bridgehead atoms. The molecule has 0 saturated carbocycles. The van der Waals surface area contributed by atoms with Crippen molar-refractivity contribution in [3.8, 4) is 59.4 Å². The first-order chi connectivity index (χ1) is 20.0. The Hall–Kier alpha value is -5.88. The van der Waals surface area contributed by atoms with Crippen LogP contribution >= 0.6 is 0 Å². The van der Waals surface area contributed by atoms with Crippen molar-refractivity contribution in [2.75, 3.05) is 13.2 Å². The molecule has 0 aliphatic heterocycles. The second-order valence-corrected chi connectivity index (χ2v) is 8.56. The largest absolute Gasteiger partial charge is 0.493 e. The molecular weight excluding hydrogens is 510 g/mol. The lowest BCUT2D eigenvalue weighted by Gasteiger charge is -2.11. The van der Waals surface area contributed by atoms with Crippen LogP contribution in [0.1, 0.15) is 52.8 Å². The van der Waals surface area contributed by atoms with Crippen LogP contribution in [0.3, 0.4) is 0 Å². The highest BCUT2D eigenvalue weighted by molar-refractivity contribution is 5.61. The van der Waals surface area contributed by atoms with E-state index in [0.717, 1.165) is 22.3 Å². The van der Waals surface area contributed by atoms with Gasteiger partial charge in [0.2, 0.25) is 0 Å².